The van der Waals surface area contributed by atoms with Crippen LogP contribution in [0.25, 0.3) is 0 Å². The molecule has 0 amide bonds. The van der Waals surface area contributed by atoms with E-state index >= 15 is 0 Å². The van der Waals surface area contributed by atoms with Crippen molar-refractivity contribution in [3.63, 3.8) is 0 Å². The average Bonchev–Trinajstić information content (AvgIpc) is 2.33. The molecule has 100 valence electrons. The standard InChI is InChI=1S/C13H13ClFN3O/c1-8-3-4-9(15)5-10(8)16-12-6-11(14)17-13(18-12)7-19-2/h3-6H,7H2,1-2H3,(H,16,17,18). The summed E-state index contributed by atoms with van der Waals surface area (Å²) in [5.41, 5.74) is 1.54. The summed E-state index contributed by atoms with van der Waals surface area (Å²) >= 11 is 5.90. The number of benzene rings is 1. The van der Waals surface area contributed by atoms with Gasteiger partial charge in [-0.1, -0.05) is 17.7 Å². The largest absolute Gasteiger partial charge is 0.377 e. The van der Waals surface area contributed by atoms with E-state index in [1.807, 2.05) is 6.92 Å². The molecule has 0 radical (unpaired) electrons. The zero-order chi connectivity index (χ0) is 13.8. The smallest absolute Gasteiger partial charge is 0.158 e. The number of ether oxygens (including phenoxy) is 1. The van der Waals surface area contributed by atoms with Gasteiger partial charge in [0.1, 0.15) is 23.4 Å². The molecule has 0 atom stereocenters. The number of methoxy groups -OCH3 is 1. The molecule has 6 heteroatoms. The van der Waals surface area contributed by atoms with E-state index in [1.165, 1.54) is 12.1 Å². The van der Waals surface area contributed by atoms with Crippen LogP contribution in [0.1, 0.15) is 11.4 Å². The Balaban J connectivity index is 2.29. The molecule has 0 saturated heterocycles. The van der Waals surface area contributed by atoms with Crippen LogP contribution in [-0.2, 0) is 11.3 Å². The van der Waals surface area contributed by atoms with E-state index < -0.39 is 0 Å². The molecule has 0 saturated carbocycles. The van der Waals surface area contributed by atoms with Gasteiger partial charge in [0.15, 0.2) is 5.82 Å². The van der Waals surface area contributed by atoms with Crippen molar-refractivity contribution in [2.45, 2.75) is 13.5 Å². The van der Waals surface area contributed by atoms with Gasteiger partial charge in [-0.05, 0) is 24.6 Å². The highest BCUT2D eigenvalue weighted by Gasteiger charge is 2.06. The first-order chi connectivity index (χ1) is 9.08. The number of hydrogen-bond acceptors (Lipinski definition) is 4. The summed E-state index contributed by atoms with van der Waals surface area (Å²) in [5, 5.41) is 3.33. The predicted molar refractivity (Wildman–Crippen MR) is 72.2 cm³/mol. The van der Waals surface area contributed by atoms with Crippen LogP contribution >= 0.6 is 11.6 Å². The van der Waals surface area contributed by atoms with Gasteiger partial charge in [-0.2, -0.15) is 0 Å². The van der Waals surface area contributed by atoms with Crippen molar-refractivity contribution in [3.8, 4) is 0 Å². The summed E-state index contributed by atoms with van der Waals surface area (Å²) in [5.74, 6) is 0.651. The van der Waals surface area contributed by atoms with E-state index in [0.29, 0.717) is 22.5 Å². The van der Waals surface area contributed by atoms with Crippen LogP contribution in [0.2, 0.25) is 5.15 Å². The van der Waals surface area contributed by atoms with Crippen molar-refractivity contribution in [2.75, 3.05) is 12.4 Å². The highest BCUT2D eigenvalue weighted by Crippen LogP contribution is 2.22. The van der Waals surface area contributed by atoms with E-state index in [2.05, 4.69) is 15.3 Å². The lowest BCUT2D eigenvalue weighted by molar-refractivity contribution is 0.178. The molecule has 1 aromatic carbocycles. The number of anilines is 2. The first-order valence-corrected chi connectivity index (χ1v) is 6.02. The number of nitrogens with zero attached hydrogens (tertiary/aromatic N) is 2. The van der Waals surface area contributed by atoms with Crippen LogP contribution in [0.15, 0.2) is 24.3 Å². The van der Waals surface area contributed by atoms with E-state index in [0.717, 1.165) is 5.56 Å². The van der Waals surface area contributed by atoms with Crippen molar-refractivity contribution in [1.29, 1.82) is 0 Å². The Hall–Kier alpha value is -1.72. The highest BCUT2D eigenvalue weighted by atomic mass is 35.5. The first kappa shape index (κ1) is 13.7. The molecule has 2 aromatic rings. The van der Waals surface area contributed by atoms with Crippen molar-refractivity contribution in [3.05, 3.63) is 46.6 Å². The van der Waals surface area contributed by atoms with Crippen LogP contribution in [-0.4, -0.2) is 17.1 Å². The molecular weight excluding hydrogens is 269 g/mol. The summed E-state index contributed by atoms with van der Waals surface area (Å²) in [6.45, 7) is 2.14. The lowest BCUT2D eigenvalue weighted by Crippen LogP contribution is -2.02. The minimum atomic E-state index is -0.314. The fourth-order valence-corrected chi connectivity index (χ4v) is 1.79. The Morgan fingerprint density at radius 3 is 2.84 bits per heavy atom. The molecule has 0 fully saturated rings. The maximum atomic E-state index is 13.2. The molecule has 1 heterocycles. The van der Waals surface area contributed by atoms with Crippen molar-refractivity contribution in [1.82, 2.24) is 9.97 Å². The third kappa shape index (κ3) is 3.62. The number of rotatable bonds is 4. The molecular formula is C13H13ClFN3O. The summed E-state index contributed by atoms with van der Waals surface area (Å²) in [6.07, 6.45) is 0. The molecule has 0 spiro atoms. The monoisotopic (exact) mass is 281 g/mol. The van der Waals surface area contributed by atoms with Gasteiger partial charge in [0, 0.05) is 18.9 Å². The van der Waals surface area contributed by atoms with E-state index in [9.17, 15) is 4.39 Å². The van der Waals surface area contributed by atoms with Crippen molar-refractivity contribution < 1.29 is 9.13 Å². The Labute approximate surface area is 115 Å². The molecule has 1 aromatic heterocycles. The quantitative estimate of drug-likeness (QED) is 0.872. The fourth-order valence-electron chi connectivity index (χ4n) is 1.59. The Bertz CT molecular complexity index is 592. The van der Waals surface area contributed by atoms with Gasteiger partial charge in [0.2, 0.25) is 0 Å². The van der Waals surface area contributed by atoms with Gasteiger partial charge in [-0.25, -0.2) is 14.4 Å². The summed E-state index contributed by atoms with van der Waals surface area (Å²) in [7, 11) is 1.55. The van der Waals surface area contributed by atoms with Crippen LogP contribution in [0, 0.1) is 12.7 Å². The van der Waals surface area contributed by atoms with E-state index in [4.69, 9.17) is 16.3 Å². The lowest BCUT2D eigenvalue weighted by atomic mass is 10.2. The molecule has 2 rings (SSSR count). The topological polar surface area (TPSA) is 47.0 Å². The van der Waals surface area contributed by atoms with Gasteiger partial charge in [0.05, 0.1) is 0 Å². The third-order valence-electron chi connectivity index (χ3n) is 2.48. The van der Waals surface area contributed by atoms with Gasteiger partial charge < -0.3 is 10.1 Å². The Morgan fingerprint density at radius 1 is 1.32 bits per heavy atom. The molecule has 19 heavy (non-hydrogen) atoms. The zero-order valence-electron chi connectivity index (χ0n) is 10.6. The normalized spacial score (nSPS) is 10.5. The Kier molecular flexibility index (Phi) is 4.29. The van der Waals surface area contributed by atoms with E-state index in [-0.39, 0.29) is 12.4 Å². The summed E-state index contributed by atoms with van der Waals surface area (Å²) in [6, 6.07) is 6.08. The molecule has 0 aliphatic heterocycles. The van der Waals surface area contributed by atoms with Gasteiger partial charge in [-0.3, -0.25) is 0 Å². The predicted octanol–water partition coefficient (Wildman–Crippen LogP) is 3.47. The summed E-state index contributed by atoms with van der Waals surface area (Å²) in [4.78, 5) is 8.26. The van der Waals surface area contributed by atoms with Gasteiger partial charge in [-0.15, -0.1) is 0 Å². The fraction of sp³-hybridized carbons (Fsp3) is 0.231. The second kappa shape index (κ2) is 5.95. The second-order valence-electron chi connectivity index (χ2n) is 4.01. The number of aryl methyl sites for hydroxylation is 1. The number of nitrogens with one attached hydrogen (secondary N) is 1. The SMILES string of the molecule is COCc1nc(Cl)cc(Nc2cc(F)ccc2C)n1. The average molecular weight is 282 g/mol. The highest BCUT2D eigenvalue weighted by molar-refractivity contribution is 6.29. The maximum Gasteiger partial charge on any atom is 0.158 e. The van der Waals surface area contributed by atoms with Crippen LogP contribution < -0.4 is 5.32 Å². The third-order valence-corrected chi connectivity index (χ3v) is 2.67. The number of hydrogen-bond donors (Lipinski definition) is 1. The van der Waals surface area contributed by atoms with Crippen LogP contribution in [0.5, 0.6) is 0 Å². The van der Waals surface area contributed by atoms with Crippen LogP contribution in [0.3, 0.4) is 0 Å². The molecule has 4 nitrogen and oxygen atoms in total. The molecule has 0 unspecified atom stereocenters. The van der Waals surface area contributed by atoms with Crippen molar-refractivity contribution in [2.24, 2.45) is 0 Å². The number of halogens is 2. The molecule has 0 aliphatic carbocycles. The minimum absolute atomic E-state index is 0.261. The lowest BCUT2D eigenvalue weighted by Gasteiger charge is -2.10. The van der Waals surface area contributed by atoms with Gasteiger partial charge in [0.25, 0.3) is 0 Å². The first-order valence-electron chi connectivity index (χ1n) is 5.64. The maximum absolute atomic E-state index is 13.2. The number of aromatic nitrogens is 2. The van der Waals surface area contributed by atoms with E-state index in [1.54, 1.807) is 19.2 Å². The van der Waals surface area contributed by atoms with Crippen molar-refractivity contribution >= 4 is 23.1 Å². The molecule has 1 N–H and O–H groups in total. The minimum Gasteiger partial charge on any atom is -0.377 e. The van der Waals surface area contributed by atoms with Gasteiger partial charge >= 0.3 is 0 Å². The molecule has 0 aliphatic rings. The zero-order valence-corrected chi connectivity index (χ0v) is 11.3. The second-order valence-corrected chi connectivity index (χ2v) is 4.40. The molecule has 0 bridgehead atoms. The summed E-state index contributed by atoms with van der Waals surface area (Å²) < 4.78 is 18.2. The van der Waals surface area contributed by atoms with Crippen LogP contribution in [0.4, 0.5) is 15.9 Å². The Morgan fingerprint density at radius 2 is 2.11 bits per heavy atom.